The zero-order valence-electron chi connectivity index (χ0n) is 17.2. The van der Waals surface area contributed by atoms with Gasteiger partial charge in [0.2, 0.25) is 5.91 Å². The lowest BCUT2D eigenvalue weighted by Gasteiger charge is -2.35. The number of ether oxygens (including phenoxy) is 1. The Kier molecular flexibility index (Phi) is 7.06. The normalized spacial score (nSPS) is 20.8. The van der Waals surface area contributed by atoms with Gasteiger partial charge in [0.15, 0.2) is 0 Å². The molecular weight excluding hydrogens is 370 g/mol. The molecule has 1 aromatic carbocycles. The van der Waals surface area contributed by atoms with Gasteiger partial charge in [0, 0.05) is 26.2 Å². The van der Waals surface area contributed by atoms with Crippen LogP contribution in [0.3, 0.4) is 0 Å². The molecule has 156 valence electrons. The lowest BCUT2D eigenvalue weighted by atomic mass is 10.1. The van der Waals surface area contributed by atoms with Crippen LogP contribution in [-0.4, -0.2) is 48.1 Å². The van der Waals surface area contributed by atoms with E-state index in [0.29, 0.717) is 12.1 Å². The Morgan fingerprint density at radius 1 is 1.14 bits per heavy atom. The summed E-state index contributed by atoms with van der Waals surface area (Å²) in [6.45, 7) is 8.86. The SMILES string of the molecule is C[C@@H]1CN(Cc2ccccc2CNC(=O)[C@H](C)NC(=O)c2ccoc2)C[C@H](C)O1. The van der Waals surface area contributed by atoms with E-state index in [1.165, 1.54) is 18.1 Å². The predicted molar refractivity (Wildman–Crippen MR) is 109 cm³/mol. The van der Waals surface area contributed by atoms with Gasteiger partial charge in [-0.25, -0.2) is 0 Å². The van der Waals surface area contributed by atoms with E-state index < -0.39 is 6.04 Å². The summed E-state index contributed by atoms with van der Waals surface area (Å²) in [6.07, 6.45) is 3.20. The molecule has 1 saturated heterocycles. The molecule has 0 unspecified atom stereocenters. The fraction of sp³-hybridized carbons (Fsp3) is 0.455. The second-order valence-corrected chi connectivity index (χ2v) is 7.65. The molecule has 0 spiro atoms. The summed E-state index contributed by atoms with van der Waals surface area (Å²) in [5.41, 5.74) is 2.65. The maximum absolute atomic E-state index is 12.4. The average Bonchev–Trinajstić information content (AvgIpc) is 3.21. The second kappa shape index (κ2) is 9.71. The number of rotatable bonds is 7. The van der Waals surface area contributed by atoms with Crippen molar-refractivity contribution >= 4 is 11.8 Å². The van der Waals surface area contributed by atoms with Crippen molar-refractivity contribution in [2.24, 2.45) is 0 Å². The van der Waals surface area contributed by atoms with Crippen molar-refractivity contribution in [1.82, 2.24) is 15.5 Å². The first-order valence-corrected chi connectivity index (χ1v) is 9.97. The number of carbonyl (C=O) groups excluding carboxylic acids is 2. The molecule has 29 heavy (non-hydrogen) atoms. The monoisotopic (exact) mass is 399 g/mol. The average molecular weight is 399 g/mol. The van der Waals surface area contributed by atoms with E-state index in [2.05, 4.69) is 35.4 Å². The van der Waals surface area contributed by atoms with Crippen molar-refractivity contribution in [2.45, 2.75) is 52.1 Å². The van der Waals surface area contributed by atoms with E-state index in [-0.39, 0.29) is 24.0 Å². The molecule has 0 saturated carbocycles. The van der Waals surface area contributed by atoms with E-state index in [9.17, 15) is 9.59 Å². The summed E-state index contributed by atoms with van der Waals surface area (Å²) >= 11 is 0. The third-order valence-corrected chi connectivity index (χ3v) is 4.98. The molecule has 2 amide bonds. The van der Waals surface area contributed by atoms with Gasteiger partial charge in [-0.3, -0.25) is 14.5 Å². The van der Waals surface area contributed by atoms with Crippen molar-refractivity contribution in [3.63, 3.8) is 0 Å². The molecular formula is C22H29N3O4. The topological polar surface area (TPSA) is 83.8 Å². The predicted octanol–water partition coefficient (Wildman–Crippen LogP) is 2.32. The number of benzene rings is 1. The molecule has 1 aliphatic heterocycles. The maximum Gasteiger partial charge on any atom is 0.255 e. The third kappa shape index (κ3) is 5.92. The highest BCUT2D eigenvalue weighted by atomic mass is 16.5. The Bertz CT molecular complexity index is 811. The van der Waals surface area contributed by atoms with E-state index >= 15 is 0 Å². The minimum atomic E-state index is -0.648. The summed E-state index contributed by atoms with van der Waals surface area (Å²) in [6, 6.07) is 9.02. The minimum Gasteiger partial charge on any atom is -0.472 e. The fourth-order valence-electron chi connectivity index (χ4n) is 3.61. The highest BCUT2D eigenvalue weighted by Gasteiger charge is 2.23. The van der Waals surface area contributed by atoms with Crippen LogP contribution >= 0.6 is 0 Å². The van der Waals surface area contributed by atoms with Crippen LogP contribution in [-0.2, 0) is 22.6 Å². The number of hydrogen-bond donors (Lipinski definition) is 2. The van der Waals surface area contributed by atoms with Crippen LogP contribution in [0.1, 0.15) is 42.3 Å². The van der Waals surface area contributed by atoms with Gasteiger partial charge in [-0.2, -0.15) is 0 Å². The minimum absolute atomic E-state index is 0.213. The number of furan rings is 1. The van der Waals surface area contributed by atoms with Crippen molar-refractivity contribution in [2.75, 3.05) is 13.1 Å². The van der Waals surface area contributed by atoms with Crippen molar-refractivity contribution in [3.8, 4) is 0 Å². The van der Waals surface area contributed by atoms with Crippen molar-refractivity contribution < 1.29 is 18.7 Å². The first-order valence-electron chi connectivity index (χ1n) is 9.97. The molecule has 0 radical (unpaired) electrons. The fourth-order valence-corrected chi connectivity index (χ4v) is 3.61. The maximum atomic E-state index is 12.4. The molecule has 1 fully saturated rings. The van der Waals surface area contributed by atoms with Crippen molar-refractivity contribution in [1.29, 1.82) is 0 Å². The van der Waals surface area contributed by atoms with Gasteiger partial charge >= 0.3 is 0 Å². The van der Waals surface area contributed by atoms with Gasteiger partial charge in [-0.1, -0.05) is 24.3 Å². The number of amides is 2. The highest BCUT2D eigenvalue weighted by Crippen LogP contribution is 2.17. The molecule has 1 aliphatic rings. The smallest absolute Gasteiger partial charge is 0.255 e. The zero-order valence-corrected chi connectivity index (χ0v) is 17.2. The van der Waals surface area contributed by atoms with Crippen LogP contribution in [0.5, 0.6) is 0 Å². The number of carbonyl (C=O) groups is 2. The first-order chi connectivity index (χ1) is 13.9. The van der Waals surface area contributed by atoms with Gasteiger partial charge in [0.1, 0.15) is 12.3 Å². The van der Waals surface area contributed by atoms with Crippen LogP contribution in [0.4, 0.5) is 0 Å². The molecule has 7 heteroatoms. The lowest BCUT2D eigenvalue weighted by molar-refractivity contribution is -0.122. The molecule has 0 aliphatic carbocycles. The Hall–Kier alpha value is -2.64. The van der Waals surface area contributed by atoms with Crippen LogP contribution in [0.15, 0.2) is 47.3 Å². The molecule has 3 atom stereocenters. The Labute approximate surface area is 171 Å². The van der Waals surface area contributed by atoms with Crippen molar-refractivity contribution in [3.05, 3.63) is 59.5 Å². The van der Waals surface area contributed by atoms with Crippen LogP contribution in [0.2, 0.25) is 0 Å². The highest BCUT2D eigenvalue weighted by molar-refractivity contribution is 5.97. The van der Waals surface area contributed by atoms with Gasteiger partial charge < -0.3 is 19.8 Å². The molecule has 2 aromatic rings. The molecule has 2 N–H and O–H groups in total. The van der Waals surface area contributed by atoms with E-state index in [0.717, 1.165) is 25.2 Å². The summed E-state index contributed by atoms with van der Waals surface area (Å²) in [7, 11) is 0. The number of morpholine rings is 1. The Balaban J connectivity index is 1.55. The molecule has 2 heterocycles. The Morgan fingerprint density at radius 2 is 1.83 bits per heavy atom. The summed E-state index contributed by atoms with van der Waals surface area (Å²) in [5, 5.41) is 5.60. The zero-order chi connectivity index (χ0) is 20.8. The van der Waals surface area contributed by atoms with E-state index in [1.54, 1.807) is 13.0 Å². The second-order valence-electron chi connectivity index (χ2n) is 7.65. The van der Waals surface area contributed by atoms with Crippen LogP contribution < -0.4 is 10.6 Å². The standard InChI is InChI=1S/C22H29N3O4/c1-15-11-25(12-16(2)29-15)13-19-7-5-4-6-18(19)10-23-21(26)17(3)24-22(27)20-8-9-28-14-20/h4-9,14-17H,10-13H2,1-3H3,(H,23,26)(H,24,27)/t15-,16+,17-/m0/s1. The lowest BCUT2D eigenvalue weighted by Crippen LogP contribution is -2.45. The molecule has 7 nitrogen and oxygen atoms in total. The summed E-state index contributed by atoms with van der Waals surface area (Å²) < 4.78 is 10.7. The van der Waals surface area contributed by atoms with Crippen LogP contribution in [0, 0.1) is 0 Å². The van der Waals surface area contributed by atoms with Gasteiger partial charge in [0.05, 0.1) is 24.0 Å². The van der Waals surface area contributed by atoms with E-state index in [4.69, 9.17) is 9.15 Å². The number of nitrogens with zero attached hydrogens (tertiary/aromatic N) is 1. The first kappa shape index (κ1) is 21.1. The molecule has 1 aromatic heterocycles. The van der Waals surface area contributed by atoms with Crippen LogP contribution in [0.25, 0.3) is 0 Å². The molecule has 3 rings (SSSR count). The number of nitrogens with one attached hydrogen (secondary N) is 2. The van der Waals surface area contributed by atoms with Gasteiger partial charge in [-0.05, 0) is 38.0 Å². The van der Waals surface area contributed by atoms with Gasteiger partial charge in [0.25, 0.3) is 5.91 Å². The van der Waals surface area contributed by atoms with Gasteiger partial charge in [-0.15, -0.1) is 0 Å². The number of hydrogen-bond acceptors (Lipinski definition) is 5. The quantitative estimate of drug-likeness (QED) is 0.747. The third-order valence-electron chi connectivity index (χ3n) is 4.98. The largest absolute Gasteiger partial charge is 0.472 e. The Morgan fingerprint density at radius 3 is 2.48 bits per heavy atom. The summed E-state index contributed by atoms with van der Waals surface area (Å²) in [5.74, 6) is -0.567. The van der Waals surface area contributed by atoms with E-state index in [1.807, 2.05) is 18.2 Å². The summed E-state index contributed by atoms with van der Waals surface area (Å²) in [4.78, 5) is 26.9. The molecule has 0 bridgehead atoms.